The van der Waals surface area contributed by atoms with Crippen LogP contribution in [0.4, 0.5) is 10.1 Å². The zero-order valence-corrected chi connectivity index (χ0v) is 11.4. The van der Waals surface area contributed by atoms with Gasteiger partial charge < -0.3 is 10.4 Å². The summed E-state index contributed by atoms with van der Waals surface area (Å²) >= 11 is 3.14. The molecule has 0 unspecified atom stereocenters. The van der Waals surface area contributed by atoms with Gasteiger partial charge in [-0.3, -0.25) is 0 Å². The summed E-state index contributed by atoms with van der Waals surface area (Å²) in [5, 5.41) is 12.7. The molecule has 0 aliphatic heterocycles. The first-order chi connectivity index (χ1) is 7.29. The molecule has 0 spiro atoms. The van der Waals surface area contributed by atoms with Crippen molar-refractivity contribution in [1.82, 2.24) is 0 Å². The largest absolute Gasteiger partial charge is 0.390 e. The number of hydrogen-bond acceptors (Lipinski definition) is 2. The van der Waals surface area contributed by atoms with Crippen molar-refractivity contribution in [2.45, 2.75) is 32.8 Å². The Morgan fingerprint density at radius 2 is 2.06 bits per heavy atom. The molecule has 0 aliphatic carbocycles. The Kier molecular flexibility index (Phi) is 4.33. The highest BCUT2D eigenvalue weighted by molar-refractivity contribution is 9.10. The van der Waals surface area contributed by atoms with Crippen LogP contribution in [0.3, 0.4) is 0 Å². The van der Waals surface area contributed by atoms with Crippen LogP contribution < -0.4 is 5.32 Å². The number of benzene rings is 1. The fourth-order valence-corrected chi connectivity index (χ4v) is 1.80. The number of hydrogen-bond donors (Lipinski definition) is 2. The minimum atomic E-state index is -0.700. The standard InChI is InChI=1S/C12H17BrFNO/c1-8-6-9(13)10(14)7-11(8)15-5-4-12(2,3)16/h6-7,15-16H,4-5H2,1-3H3. The predicted molar refractivity (Wildman–Crippen MR) is 68.2 cm³/mol. The Morgan fingerprint density at radius 1 is 1.44 bits per heavy atom. The average Bonchev–Trinajstić information content (AvgIpc) is 2.11. The molecule has 0 heterocycles. The van der Waals surface area contributed by atoms with E-state index in [4.69, 9.17) is 0 Å². The van der Waals surface area contributed by atoms with E-state index in [2.05, 4.69) is 21.2 Å². The van der Waals surface area contributed by atoms with Gasteiger partial charge in [0.25, 0.3) is 0 Å². The third-order valence-electron chi connectivity index (χ3n) is 2.32. The van der Waals surface area contributed by atoms with E-state index in [1.165, 1.54) is 6.07 Å². The van der Waals surface area contributed by atoms with Crippen LogP contribution in [0.5, 0.6) is 0 Å². The molecule has 1 rings (SSSR count). The number of aryl methyl sites for hydroxylation is 1. The van der Waals surface area contributed by atoms with Gasteiger partial charge in [-0.2, -0.15) is 0 Å². The average molecular weight is 290 g/mol. The molecular weight excluding hydrogens is 273 g/mol. The summed E-state index contributed by atoms with van der Waals surface area (Å²) in [7, 11) is 0. The lowest BCUT2D eigenvalue weighted by molar-refractivity contribution is 0.0749. The van der Waals surface area contributed by atoms with Crippen molar-refractivity contribution in [3.63, 3.8) is 0 Å². The number of halogens is 2. The molecule has 90 valence electrons. The van der Waals surface area contributed by atoms with Crippen LogP contribution in [0.2, 0.25) is 0 Å². The minimum Gasteiger partial charge on any atom is -0.390 e. The van der Waals surface area contributed by atoms with Crippen LogP contribution in [0.25, 0.3) is 0 Å². The first-order valence-corrected chi connectivity index (χ1v) is 6.01. The molecule has 0 bridgehead atoms. The highest BCUT2D eigenvalue weighted by atomic mass is 79.9. The zero-order chi connectivity index (χ0) is 12.3. The summed E-state index contributed by atoms with van der Waals surface area (Å²) in [6.45, 7) is 6.04. The van der Waals surface area contributed by atoms with E-state index in [0.717, 1.165) is 11.3 Å². The van der Waals surface area contributed by atoms with E-state index in [0.29, 0.717) is 17.4 Å². The van der Waals surface area contributed by atoms with Gasteiger partial charge in [-0.25, -0.2) is 4.39 Å². The summed E-state index contributed by atoms with van der Waals surface area (Å²) in [6, 6.07) is 3.20. The van der Waals surface area contributed by atoms with Gasteiger partial charge in [0.15, 0.2) is 0 Å². The van der Waals surface area contributed by atoms with Crippen LogP contribution in [0.15, 0.2) is 16.6 Å². The minimum absolute atomic E-state index is 0.281. The summed E-state index contributed by atoms with van der Waals surface area (Å²) in [6.07, 6.45) is 0.615. The highest BCUT2D eigenvalue weighted by Gasteiger charge is 2.12. The SMILES string of the molecule is Cc1cc(Br)c(F)cc1NCCC(C)(C)O. The molecule has 0 saturated carbocycles. The van der Waals surface area contributed by atoms with Crippen molar-refractivity contribution in [1.29, 1.82) is 0 Å². The van der Waals surface area contributed by atoms with Crippen molar-refractivity contribution in [3.8, 4) is 0 Å². The number of nitrogens with one attached hydrogen (secondary N) is 1. The summed E-state index contributed by atoms with van der Waals surface area (Å²) in [5.41, 5.74) is 1.04. The lowest BCUT2D eigenvalue weighted by Gasteiger charge is -2.18. The van der Waals surface area contributed by atoms with Crippen molar-refractivity contribution in [2.75, 3.05) is 11.9 Å². The molecule has 16 heavy (non-hydrogen) atoms. The molecular formula is C12H17BrFNO. The summed E-state index contributed by atoms with van der Waals surface area (Å²) in [4.78, 5) is 0. The Bertz CT molecular complexity index is 374. The number of anilines is 1. The second-order valence-corrected chi connectivity index (χ2v) is 5.42. The zero-order valence-electron chi connectivity index (χ0n) is 9.77. The van der Waals surface area contributed by atoms with Crippen molar-refractivity contribution in [3.05, 3.63) is 28.0 Å². The van der Waals surface area contributed by atoms with Crippen LogP contribution in [-0.2, 0) is 0 Å². The molecule has 0 fully saturated rings. The molecule has 1 aromatic carbocycles. The van der Waals surface area contributed by atoms with Gasteiger partial charge in [-0.1, -0.05) is 0 Å². The highest BCUT2D eigenvalue weighted by Crippen LogP contribution is 2.24. The molecule has 0 amide bonds. The van der Waals surface area contributed by atoms with Gasteiger partial charge in [0.1, 0.15) is 5.82 Å². The van der Waals surface area contributed by atoms with Crippen molar-refractivity contribution >= 4 is 21.6 Å². The van der Waals surface area contributed by atoms with E-state index in [1.54, 1.807) is 19.9 Å². The van der Waals surface area contributed by atoms with E-state index in [-0.39, 0.29) is 5.82 Å². The molecule has 2 nitrogen and oxygen atoms in total. The maximum absolute atomic E-state index is 13.3. The van der Waals surface area contributed by atoms with Crippen LogP contribution in [0.1, 0.15) is 25.8 Å². The van der Waals surface area contributed by atoms with Gasteiger partial charge in [-0.15, -0.1) is 0 Å². The molecule has 0 atom stereocenters. The lowest BCUT2D eigenvalue weighted by Crippen LogP contribution is -2.22. The second-order valence-electron chi connectivity index (χ2n) is 4.57. The molecule has 0 aliphatic rings. The van der Waals surface area contributed by atoms with E-state index >= 15 is 0 Å². The van der Waals surface area contributed by atoms with Gasteiger partial charge in [0, 0.05) is 12.2 Å². The van der Waals surface area contributed by atoms with E-state index in [9.17, 15) is 9.50 Å². The molecule has 0 saturated heterocycles. The lowest BCUT2D eigenvalue weighted by atomic mass is 10.1. The summed E-state index contributed by atoms with van der Waals surface area (Å²) in [5.74, 6) is -0.281. The number of rotatable bonds is 4. The van der Waals surface area contributed by atoms with Gasteiger partial charge in [-0.05, 0) is 60.8 Å². The van der Waals surface area contributed by atoms with Crippen molar-refractivity contribution < 1.29 is 9.50 Å². The Balaban J connectivity index is 2.64. The maximum atomic E-state index is 13.3. The Morgan fingerprint density at radius 3 is 2.62 bits per heavy atom. The molecule has 0 aromatic heterocycles. The maximum Gasteiger partial charge on any atom is 0.139 e. The molecule has 0 radical (unpaired) electrons. The Hall–Kier alpha value is -0.610. The van der Waals surface area contributed by atoms with Crippen LogP contribution in [-0.4, -0.2) is 17.3 Å². The fraction of sp³-hybridized carbons (Fsp3) is 0.500. The van der Waals surface area contributed by atoms with Gasteiger partial charge in [0.2, 0.25) is 0 Å². The van der Waals surface area contributed by atoms with Gasteiger partial charge >= 0.3 is 0 Å². The topological polar surface area (TPSA) is 32.3 Å². The predicted octanol–water partition coefficient (Wildman–Crippen LogP) is 3.47. The summed E-state index contributed by atoms with van der Waals surface area (Å²) < 4.78 is 13.8. The third-order valence-corrected chi connectivity index (χ3v) is 2.93. The monoisotopic (exact) mass is 289 g/mol. The van der Waals surface area contributed by atoms with Gasteiger partial charge in [0.05, 0.1) is 10.1 Å². The quantitative estimate of drug-likeness (QED) is 0.890. The van der Waals surface area contributed by atoms with Crippen LogP contribution in [0, 0.1) is 12.7 Å². The number of aliphatic hydroxyl groups is 1. The Labute approximate surface area is 104 Å². The smallest absolute Gasteiger partial charge is 0.139 e. The van der Waals surface area contributed by atoms with E-state index in [1.807, 2.05) is 6.92 Å². The fourth-order valence-electron chi connectivity index (χ4n) is 1.34. The van der Waals surface area contributed by atoms with Crippen LogP contribution >= 0.6 is 15.9 Å². The second kappa shape index (κ2) is 5.15. The molecule has 4 heteroatoms. The molecule has 1 aromatic rings. The first kappa shape index (κ1) is 13.5. The molecule has 2 N–H and O–H groups in total. The van der Waals surface area contributed by atoms with Crippen molar-refractivity contribution in [2.24, 2.45) is 0 Å². The third kappa shape index (κ3) is 4.10. The normalized spacial score (nSPS) is 11.6. The van der Waals surface area contributed by atoms with E-state index < -0.39 is 5.60 Å². The first-order valence-electron chi connectivity index (χ1n) is 5.21.